The largest absolute Gasteiger partial charge is 0.478 e. The molecule has 0 aliphatic carbocycles. The highest BCUT2D eigenvalue weighted by Gasteiger charge is 2.41. The summed E-state index contributed by atoms with van der Waals surface area (Å²) in [7, 11) is 1.15. The van der Waals surface area contributed by atoms with Crippen LogP contribution >= 0.6 is 12.6 Å². The molecular weight excluding hydrogens is 522 g/mol. The summed E-state index contributed by atoms with van der Waals surface area (Å²) in [6.07, 6.45) is -0.819. The van der Waals surface area contributed by atoms with Gasteiger partial charge in [0, 0.05) is 25.1 Å². The molecule has 0 radical (unpaired) electrons. The van der Waals surface area contributed by atoms with E-state index in [-0.39, 0.29) is 48.5 Å². The minimum Gasteiger partial charge on any atom is -0.478 e. The van der Waals surface area contributed by atoms with Gasteiger partial charge in [0.15, 0.2) is 5.12 Å². The number of carbonyl (C=O) groups is 5. The minimum atomic E-state index is -1.36. The molecule has 0 saturated carbocycles. The third kappa shape index (κ3) is 6.85. The van der Waals surface area contributed by atoms with Crippen molar-refractivity contribution in [3.8, 4) is 0 Å². The fourth-order valence-corrected chi connectivity index (χ4v) is 4.26. The Kier molecular flexibility index (Phi) is 9.02. The second kappa shape index (κ2) is 12.2. The molecule has 2 amide bonds. The lowest BCUT2D eigenvalue weighted by molar-refractivity contribution is -0.384. The number of methoxy groups -OCH3 is 1. The molecule has 2 atom stereocenters. The van der Waals surface area contributed by atoms with Crippen LogP contribution in [0.4, 0.5) is 16.2 Å². The lowest BCUT2D eigenvalue weighted by Crippen LogP contribution is -2.43. The number of non-ortho nitro benzene ring substituents is 1. The second-order valence-electron chi connectivity index (χ2n) is 8.39. The van der Waals surface area contributed by atoms with Gasteiger partial charge in [-0.3, -0.25) is 24.6 Å². The molecule has 1 heterocycles. The minimum absolute atomic E-state index is 0.00251. The van der Waals surface area contributed by atoms with Crippen molar-refractivity contribution in [2.75, 3.05) is 19.0 Å². The van der Waals surface area contributed by atoms with E-state index in [1.807, 2.05) is 0 Å². The number of nitrogens with zero attached hydrogens (tertiary/aromatic N) is 2. The van der Waals surface area contributed by atoms with Crippen molar-refractivity contribution in [2.45, 2.75) is 25.5 Å². The highest BCUT2D eigenvalue weighted by atomic mass is 32.1. The van der Waals surface area contributed by atoms with Crippen LogP contribution in [-0.4, -0.2) is 63.7 Å². The summed E-state index contributed by atoms with van der Waals surface area (Å²) in [5, 5.41) is 22.3. The standard InChI is InChI=1S/C24H23N3O10S/c1-36-23(32)15-4-7-17(22(30)31)18(10-15)25-21(29)19-8-14(9-20(28)38)11-26(19)24(33)37-12-13-2-5-16(6-3-13)27(34)35/h2-7,10,14,19H,8-9,11-12H2,1H3,(H,25,29)(H,28,38)(H,30,31)/t14-,19-/m0/s1. The average Bonchev–Trinajstić information content (AvgIpc) is 3.30. The molecule has 0 aromatic heterocycles. The van der Waals surface area contributed by atoms with Crippen LogP contribution in [-0.2, 0) is 25.7 Å². The number of carboxylic acid groups (broad SMARTS) is 1. The van der Waals surface area contributed by atoms with Crippen molar-refractivity contribution in [1.29, 1.82) is 0 Å². The molecule has 2 aromatic rings. The number of carboxylic acids is 1. The molecule has 1 fully saturated rings. The molecule has 0 unspecified atom stereocenters. The monoisotopic (exact) mass is 545 g/mol. The number of benzene rings is 2. The van der Waals surface area contributed by atoms with E-state index in [9.17, 15) is 39.2 Å². The molecule has 38 heavy (non-hydrogen) atoms. The second-order valence-corrected chi connectivity index (χ2v) is 8.89. The van der Waals surface area contributed by atoms with Gasteiger partial charge in [-0.2, -0.15) is 0 Å². The number of amides is 2. The number of aromatic carboxylic acids is 1. The van der Waals surface area contributed by atoms with Crippen molar-refractivity contribution >= 4 is 53.1 Å². The predicted octanol–water partition coefficient (Wildman–Crippen LogP) is 2.89. The summed E-state index contributed by atoms with van der Waals surface area (Å²) >= 11 is 3.77. The van der Waals surface area contributed by atoms with Crippen molar-refractivity contribution in [3.05, 3.63) is 69.3 Å². The number of esters is 1. The van der Waals surface area contributed by atoms with E-state index in [4.69, 9.17) is 4.74 Å². The number of rotatable bonds is 9. The summed E-state index contributed by atoms with van der Waals surface area (Å²) in [4.78, 5) is 72.6. The number of anilines is 1. The molecular formula is C24H23N3O10S. The van der Waals surface area contributed by atoms with Gasteiger partial charge in [-0.15, -0.1) is 12.6 Å². The van der Waals surface area contributed by atoms with E-state index >= 15 is 0 Å². The Morgan fingerprint density at radius 1 is 1.16 bits per heavy atom. The van der Waals surface area contributed by atoms with Gasteiger partial charge in [-0.1, -0.05) is 0 Å². The lowest BCUT2D eigenvalue weighted by Gasteiger charge is -2.23. The maximum absolute atomic E-state index is 13.2. The maximum atomic E-state index is 13.2. The van der Waals surface area contributed by atoms with E-state index in [0.29, 0.717) is 5.56 Å². The number of likely N-dealkylation sites (tertiary alicyclic amines) is 1. The number of nitro benzene ring substituents is 1. The lowest BCUT2D eigenvalue weighted by atomic mass is 10.0. The van der Waals surface area contributed by atoms with Gasteiger partial charge in [0.05, 0.1) is 28.8 Å². The SMILES string of the molecule is COC(=O)c1ccc(C(=O)O)c(NC(=O)[C@@H]2C[C@@H](CC(=O)S)CN2C(=O)OCc2ccc([N+](=O)[O-])cc2)c1. The normalized spacial score (nSPS) is 16.4. The van der Waals surface area contributed by atoms with Gasteiger partial charge < -0.3 is 19.9 Å². The van der Waals surface area contributed by atoms with Crippen LogP contribution in [0.2, 0.25) is 0 Å². The number of nitrogens with one attached hydrogen (secondary N) is 1. The molecule has 1 aliphatic heterocycles. The molecule has 14 heteroatoms. The Bertz CT molecular complexity index is 1280. The first-order chi connectivity index (χ1) is 18.0. The maximum Gasteiger partial charge on any atom is 0.410 e. The molecule has 200 valence electrons. The molecule has 0 bridgehead atoms. The Hall–Kier alpha value is -4.46. The first-order valence-corrected chi connectivity index (χ1v) is 11.6. The summed E-state index contributed by atoms with van der Waals surface area (Å²) in [6.45, 7) is -0.236. The highest BCUT2D eigenvalue weighted by molar-refractivity contribution is 7.96. The number of ether oxygens (including phenoxy) is 2. The number of nitro groups is 1. The highest BCUT2D eigenvalue weighted by Crippen LogP contribution is 2.29. The average molecular weight is 546 g/mol. The first-order valence-electron chi connectivity index (χ1n) is 11.1. The number of hydrogen-bond acceptors (Lipinski definition) is 9. The number of hydrogen-bond donors (Lipinski definition) is 3. The van der Waals surface area contributed by atoms with E-state index in [1.54, 1.807) is 0 Å². The Morgan fingerprint density at radius 2 is 1.84 bits per heavy atom. The zero-order chi connectivity index (χ0) is 28.0. The molecule has 13 nitrogen and oxygen atoms in total. The van der Waals surface area contributed by atoms with Crippen LogP contribution in [0.5, 0.6) is 0 Å². The van der Waals surface area contributed by atoms with Gasteiger partial charge in [-0.25, -0.2) is 14.4 Å². The molecule has 3 rings (SSSR count). The van der Waals surface area contributed by atoms with E-state index in [2.05, 4.69) is 22.7 Å². The fraction of sp³-hybridized carbons (Fsp3) is 0.292. The predicted molar refractivity (Wildman–Crippen MR) is 134 cm³/mol. The third-order valence-electron chi connectivity index (χ3n) is 5.83. The smallest absolute Gasteiger partial charge is 0.410 e. The Morgan fingerprint density at radius 3 is 2.42 bits per heavy atom. The van der Waals surface area contributed by atoms with Crippen molar-refractivity contribution in [2.24, 2.45) is 5.92 Å². The molecule has 0 spiro atoms. The zero-order valence-corrected chi connectivity index (χ0v) is 20.9. The van der Waals surface area contributed by atoms with Gasteiger partial charge >= 0.3 is 18.0 Å². The van der Waals surface area contributed by atoms with Crippen LogP contribution in [0.1, 0.15) is 39.1 Å². The number of thiol groups is 1. The quantitative estimate of drug-likeness (QED) is 0.183. The summed E-state index contributed by atoms with van der Waals surface area (Å²) < 4.78 is 9.94. The Balaban J connectivity index is 1.79. The van der Waals surface area contributed by atoms with Gasteiger partial charge in [0.25, 0.3) is 5.69 Å². The Labute approximate surface area is 221 Å². The van der Waals surface area contributed by atoms with Crippen LogP contribution in [0.25, 0.3) is 0 Å². The van der Waals surface area contributed by atoms with Crippen LogP contribution in [0.3, 0.4) is 0 Å². The first kappa shape index (κ1) is 28.1. The van der Waals surface area contributed by atoms with Crippen LogP contribution in [0, 0.1) is 16.0 Å². The topological polar surface area (TPSA) is 182 Å². The van der Waals surface area contributed by atoms with E-state index < -0.39 is 45.9 Å². The van der Waals surface area contributed by atoms with Gasteiger partial charge in [0.2, 0.25) is 5.91 Å². The zero-order valence-electron chi connectivity index (χ0n) is 20.0. The fourth-order valence-electron chi connectivity index (χ4n) is 4.01. The van der Waals surface area contributed by atoms with Crippen molar-refractivity contribution in [1.82, 2.24) is 4.90 Å². The van der Waals surface area contributed by atoms with Gasteiger partial charge in [0.1, 0.15) is 12.6 Å². The van der Waals surface area contributed by atoms with Crippen molar-refractivity contribution in [3.63, 3.8) is 0 Å². The van der Waals surface area contributed by atoms with Gasteiger partial charge in [-0.05, 0) is 48.2 Å². The number of carbonyl (C=O) groups excluding carboxylic acids is 4. The van der Waals surface area contributed by atoms with Crippen LogP contribution < -0.4 is 5.32 Å². The molecule has 2 N–H and O–H groups in total. The summed E-state index contributed by atoms with van der Waals surface area (Å²) in [6, 6.07) is 7.74. The van der Waals surface area contributed by atoms with Crippen molar-refractivity contribution < 1.29 is 43.5 Å². The van der Waals surface area contributed by atoms with Crippen LogP contribution in [0.15, 0.2) is 42.5 Å². The molecule has 2 aromatic carbocycles. The van der Waals surface area contributed by atoms with E-state index in [0.717, 1.165) is 24.1 Å². The third-order valence-corrected chi connectivity index (χ3v) is 6.01. The summed E-state index contributed by atoms with van der Waals surface area (Å²) in [5.74, 6) is -3.28. The molecule has 1 saturated heterocycles. The summed E-state index contributed by atoms with van der Waals surface area (Å²) in [5.41, 5.74) is -0.140. The molecule has 1 aliphatic rings. The van der Waals surface area contributed by atoms with E-state index in [1.165, 1.54) is 30.3 Å².